The summed E-state index contributed by atoms with van der Waals surface area (Å²) >= 11 is 5.43. The van der Waals surface area contributed by atoms with E-state index in [-0.39, 0.29) is 16.9 Å². The molecule has 0 aliphatic carbocycles. The molecular weight excluding hydrogens is 470 g/mol. The van der Waals surface area contributed by atoms with Crippen LogP contribution in [0.4, 0.5) is 5.69 Å². The molecule has 2 aromatic carbocycles. The Morgan fingerprint density at radius 1 is 1.11 bits per heavy atom. The van der Waals surface area contributed by atoms with Crippen LogP contribution < -0.4 is 15.4 Å². The molecule has 0 atom stereocenters. The number of amides is 2. The zero-order valence-corrected chi connectivity index (χ0v) is 23.0. The standard InChI is InChI=1S/C29H39N3O3S/c1-20-13-16-32(17-14-20)26(33)23-9-6-7-10-24(23)30-28(36)31-27(34)29(4,5)15-8-18-35-25-19-21(2)11-12-22(25)3/h6-7,9-12,19-20H,8,13-18H2,1-5H3,(H2,30,31,34,36). The zero-order chi connectivity index (χ0) is 26.3. The van der Waals surface area contributed by atoms with Gasteiger partial charge in [-0.1, -0.05) is 45.0 Å². The van der Waals surface area contributed by atoms with E-state index in [1.807, 2.05) is 56.9 Å². The number of ether oxygens (including phenoxy) is 1. The van der Waals surface area contributed by atoms with Gasteiger partial charge in [0.25, 0.3) is 5.91 Å². The molecule has 0 saturated carbocycles. The van der Waals surface area contributed by atoms with Gasteiger partial charge >= 0.3 is 0 Å². The zero-order valence-electron chi connectivity index (χ0n) is 22.1. The van der Waals surface area contributed by atoms with Gasteiger partial charge in [0.1, 0.15) is 5.75 Å². The largest absolute Gasteiger partial charge is 0.493 e. The highest BCUT2D eigenvalue weighted by Crippen LogP contribution is 2.25. The lowest BCUT2D eigenvalue weighted by molar-refractivity contribution is -0.128. The van der Waals surface area contributed by atoms with Gasteiger partial charge in [-0.3, -0.25) is 9.59 Å². The highest BCUT2D eigenvalue weighted by molar-refractivity contribution is 7.80. The molecule has 0 spiro atoms. The molecule has 1 heterocycles. The lowest BCUT2D eigenvalue weighted by Crippen LogP contribution is -2.43. The summed E-state index contributed by atoms with van der Waals surface area (Å²) in [7, 11) is 0. The highest BCUT2D eigenvalue weighted by atomic mass is 32.1. The molecule has 1 aliphatic heterocycles. The molecule has 194 valence electrons. The number of anilines is 1. The van der Waals surface area contributed by atoms with Crippen LogP contribution in [0.2, 0.25) is 0 Å². The number of para-hydroxylation sites is 1. The van der Waals surface area contributed by atoms with Gasteiger partial charge in [-0.15, -0.1) is 0 Å². The van der Waals surface area contributed by atoms with Crippen LogP contribution in [0, 0.1) is 25.2 Å². The van der Waals surface area contributed by atoms with Crippen molar-refractivity contribution in [2.45, 2.75) is 60.3 Å². The van der Waals surface area contributed by atoms with Gasteiger partial charge in [0, 0.05) is 18.5 Å². The maximum atomic E-state index is 13.1. The SMILES string of the molecule is Cc1ccc(C)c(OCCCC(C)(C)C(=O)NC(=S)Nc2ccccc2C(=O)N2CCC(C)CC2)c1. The van der Waals surface area contributed by atoms with Crippen LogP contribution in [-0.4, -0.2) is 41.5 Å². The molecule has 2 N–H and O–H groups in total. The molecule has 3 rings (SSSR count). The second-order valence-electron chi connectivity index (χ2n) is 10.5. The van der Waals surface area contributed by atoms with Crippen molar-refractivity contribution in [3.63, 3.8) is 0 Å². The number of carbonyl (C=O) groups is 2. The molecular formula is C29H39N3O3S. The number of piperidine rings is 1. The summed E-state index contributed by atoms with van der Waals surface area (Å²) in [6.45, 7) is 12.1. The third-order valence-electron chi connectivity index (χ3n) is 6.87. The molecule has 0 bridgehead atoms. The van der Waals surface area contributed by atoms with Crippen molar-refractivity contribution < 1.29 is 14.3 Å². The summed E-state index contributed by atoms with van der Waals surface area (Å²) in [6, 6.07) is 13.5. The molecule has 36 heavy (non-hydrogen) atoms. The lowest BCUT2D eigenvalue weighted by atomic mass is 9.87. The highest BCUT2D eigenvalue weighted by Gasteiger charge is 2.28. The molecule has 1 fully saturated rings. The van der Waals surface area contributed by atoms with Crippen LogP contribution in [0.3, 0.4) is 0 Å². The number of hydrogen-bond acceptors (Lipinski definition) is 4. The van der Waals surface area contributed by atoms with E-state index in [2.05, 4.69) is 29.7 Å². The summed E-state index contributed by atoms with van der Waals surface area (Å²) in [5, 5.41) is 6.07. The Kier molecular flexibility index (Phi) is 9.49. The van der Waals surface area contributed by atoms with Crippen molar-refractivity contribution in [3.05, 3.63) is 59.2 Å². The minimum atomic E-state index is -0.628. The number of benzene rings is 2. The summed E-state index contributed by atoms with van der Waals surface area (Å²) in [4.78, 5) is 28.0. The first-order chi connectivity index (χ1) is 17.1. The summed E-state index contributed by atoms with van der Waals surface area (Å²) in [5.74, 6) is 1.35. The predicted molar refractivity (Wildman–Crippen MR) is 150 cm³/mol. The molecule has 2 aromatic rings. The molecule has 2 amide bonds. The van der Waals surface area contributed by atoms with Gasteiger partial charge in [-0.05, 0) is 87.0 Å². The van der Waals surface area contributed by atoms with Crippen LogP contribution in [-0.2, 0) is 4.79 Å². The second-order valence-corrected chi connectivity index (χ2v) is 10.9. The number of nitrogens with zero attached hydrogens (tertiary/aromatic N) is 1. The first kappa shape index (κ1) is 27.7. The fraction of sp³-hybridized carbons (Fsp3) is 0.483. The number of thiocarbonyl (C=S) groups is 1. The molecule has 0 unspecified atom stereocenters. The third kappa shape index (κ3) is 7.53. The second kappa shape index (κ2) is 12.3. The van der Waals surface area contributed by atoms with Crippen molar-refractivity contribution in [1.82, 2.24) is 10.2 Å². The van der Waals surface area contributed by atoms with Crippen molar-refractivity contribution in [2.75, 3.05) is 25.0 Å². The smallest absolute Gasteiger partial charge is 0.255 e. The van der Waals surface area contributed by atoms with E-state index in [0.29, 0.717) is 30.2 Å². The minimum absolute atomic E-state index is 0.0108. The van der Waals surface area contributed by atoms with Crippen LogP contribution in [0.5, 0.6) is 5.75 Å². The van der Waals surface area contributed by atoms with Crippen LogP contribution in [0.25, 0.3) is 0 Å². The summed E-state index contributed by atoms with van der Waals surface area (Å²) < 4.78 is 5.94. The average Bonchev–Trinajstić information content (AvgIpc) is 2.84. The summed E-state index contributed by atoms with van der Waals surface area (Å²) in [6.07, 6.45) is 3.41. The van der Waals surface area contributed by atoms with Gasteiger partial charge in [-0.2, -0.15) is 0 Å². The van der Waals surface area contributed by atoms with Crippen molar-refractivity contribution in [3.8, 4) is 5.75 Å². The Hall–Kier alpha value is -2.93. The van der Waals surface area contributed by atoms with E-state index in [9.17, 15) is 9.59 Å². The number of nitrogens with one attached hydrogen (secondary N) is 2. The molecule has 7 heteroatoms. The van der Waals surface area contributed by atoms with Gasteiger partial charge in [0.15, 0.2) is 5.11 Å². The predicted octanol–water partition coefficient (Wildman–Crippen LogP) is 5.87. The Balaban J connectivity index is 1.52. The van der Waals surface area contributed by atoms with E-state index in [4.69, 9.17) is 17.0 Å². The molecule has 6 nitrogen and oxygen atoms in total. The number of hydrogen-bond donors (Lipinski definition) is 2. The van der Waals surface area contributed by atoms with Crippen molar-refractivity contribution >= 4 is 34.8 Å². The topological polar surface area (TPSA) is 70.7 Å². The number of likely N-dealkylation sites (tertiary alicyclic amines) is 1. The third-order valence-corrected chi connectivity index (χ3v) is 7.07. The minimum Gasteiger partial charge on any atom is -0.493 e. The van der Waals surface area contributed by atoms with E-state index in [0.717, 1.165) is 49.2 Å². The molecule has 1 aliphatic rings. The maximum absolute atomic E-state index is 13.1. The summed E-state index contributed by atoms with van der Waals surface area (Å²) in [5.41, 5.74) is 2.79. The van der Waals surface area contributed by atoms with Gasteiger partial charge in [-0.25, -0.2) is 0 Å². The van der Waals surface area contributed by atoms with Crippen LogP contribution >= 0.6 is 12.2 Å². The fourth-order valence-electron chi connectivity index (χ4n) is 4.26. The first-order valence-electron chi connectivity index (χ1n) is 12.8. The van der Waals surface area contributed by atoms with Crippen LogP contribution in [0.1, 0.15) is 67.9 Å². The van der Waals surface area contributed by atoms with Crippen LogP contribution in [0.15, 0.2) is 42.5 Å². The molecule has 0 aromatic heterocycles. The van der Waals surface area contributed by atoms with Gasteiger partial charge in [0.05, 0.1) is 17.9 Å². The number of aryl methyl sites for hydroxylation is 2. The quantitative estimate of drug-likeness (QED) is 0.344. The molecule has 1 saturated heterocycles. The Bertz CT molecular complexity index is 1090. The Morgan fingerprint density at radius 3 is 2.53 bits per heavy atom. The number of carbonyl (C=O) groups excluding carboxylic acids is 2. The van der Waals surface area contributed by atoms with E-state index in [1.54, 1.807) is 6.07 Å². The van der Waals surface area contributed by atoms with E-state index in [1.165, 1.54) is 0 Å². The maximum Gasteiger partial charge on any atom is 0.255 e. The van der Waals surface area contributed by atoms with Gasteiger partial charge in [0.2, 0.25) is 5.91 Å². The van der Waals surface area contributed by atoms with Crippen molar-refractivity contribution in [2.24, 2.45) is 11.3 Å². The first-order valence-corrected chi connectivity index (χ1v) is 13.2. The van der Waals surface area contributed by atoms with Gasteiger partial charge < -0.3 is 20.3 Å². The van der Waals surface area contributed by atoms with E-state index >= 15 is 0 Å². The van der Waals surface area contributed by atoms with Crippen molar-refractivity contribution in [1.29, 1.82) is 0 Å². The Morgan fingerprint density at radius 2 is 1.81 bits per heavy atom. The van der Waals surface area contributed by atoms with E-state index < -0.39 is 5.41 Å². The number of rotatable bonds is 8. The Labute approximate surface area is 220 Å². The normalized spacial score (nSPS) is 14.3. The average molecular weight is 510 g/mol. The fourth-order valence-corrected chi connectivity index (χ4v) is 4.46. The monoisotopic (exact) mass is 509 g/mol. The molecule has 0 radical (unpaired) electrons. The lowest BCUT2D eigenvalue weighted by Gasteiger charge is -2.31.